The Kier molecular flexibility index (Phi) is 5.53. The molecule has 0 saturated carbocycles. The van der Waals surface area contributed by atoms with Crippen molar-refractivity contribution in [1.82, 2.24) is 9.88 Å². The van der Waals surface area contributed by atoms with Gasteiger partial charge in [-0.3, -0.25) is 4.79 Å². The first-order valence-corrected chi connectivity index (χ1v) is 10.4. The molecule has 5 rings (SSSR count). The molecule has 2 aliphatic rings. The second-order valence-corrected chi connectivity index (χ2v) is 8.01. The number of nitrogens with two attached hydrogens (primary N) is 1. The van der Waals surface area contributed by atoms with Crippen LogP contribution < -0.4 is 10.5 Å². The molecule has 1 atom stereocenters. The average Bonchev–Trinajstić information content (AvgIpc) is 3.30. The molecule has 0 radical (unpaired) electrons. The minimum absolute atomic E-state index is 0.0394. The van der Waals surface area contributed by atoms with E-state index in [4.69, 9.17) is 15.2 Å². The van der Waals surface area contributed by atoms with Crippen LogP contribution in [0.2, 0.25) is 0 Å². The van der Waals surface area contributed by atoms with Crippen molar-refractivity contribution in [3.05, 3.63) is 64.5 Å². The summed E-state index contributed by atoms with van der Waals surface area (Å²) in [5, 5.41) is 0.750. The molecule has 0 aliphatic carbocycles. The summed E-state index contributed by atoms with van der Waals surface area (Å²) in [6, 6.07) is 7.44. The van der Waals surface area contributed by atoms with E-state index in [9.17, 15) is 22.4 Å². The van der Waals surface area contributed by atoms with Crippen LogP contribution in [-0.4, -0.2) is 41.9 Å². The van der Waals surface area contributed by atoms with Crippen molar-refractivity contribution < 1.29 is 36.6 Å². The van der Waals surface area contributed by atoms with Gasteiger partial charge in [0.25, 0.3) is 5.91 Å². The summed E-state index contributed by atoms with van der Waals surface area (Å²) in [5.41, 5.74) is 8.94. The molecule has 7 nitrogen and oxygen atoms in total. The minimum atomic E-state index is -5.05. The van der Waals surface area contributed by atoms with Crippen LogP contribution in [0.25, 0.3) is 10.9 Å². The van der Waals surface area contributed by atoms with E-state index in [1.165, 1.54) is 11.0 Å². The number of amides is 1. The number of carbonyl (C=O) groups is 1. The summed E-state index contributed by atoms with van der Waals surface area (Å²) < 4.78 is 66.7. The van der Waals surface area contributed by atoms with Gasteiger partial charge in [0.05, 0.1) is 38.0 Å². The van der Waals surface area contributed by atoms with Crippen LogP contribution in [0.5, 0.6) is 5.75 Å². The zero-order chi connectivity index (χ0) is 24.0. The first kappa shape index (κ1) is 22.4. The number of fused-ring (bicyclic) bond motifs is 3. The Bertz CT molecular complexity index is 1280. The SMILES string of the molecule is Nc1nc2ccc(C(=O)N3CCOCC3c3ccc(F)c(OC(F)(F)F)c3)cc2c2c1COC2. The van der Waals surface area contributed by atoms with Gasteiger partial charge in [-0.05, 0) is 41.5 Å². The number of ether oxygens (including phenoxy) is 3. The van der Waals surface area contributed by atoms with E-state index in [2.05, 4.69) is 9.72 Å². The molecule has 34 heavy (non-hydrogen) atoms. The first-order chi connectivity index (χ1) is 16.2. The molecule has 0 bridgehead atoms. The Morgan fingerprint density at radius 1 is 1.12 bits per heavy atom. The van der Waals surface area contributed by atoms with Crippen molar-refractivity contribution in [2.45, 2.75) is 25.6 Å². The first-order valence-electron chi connectivity index (χ1n) is 10.4. The molecule has 11 heteroatoms. The summed E-state index contributed by atoms with van der Waals surface area (Å²) in [6.45, 7) is 1.20. The second kappa shape index (κ2) is 8.41. The van der Waals surface area contributed by atoms with E-state index >= 15 is 0 Å². The number of carbonyl (C=O) groups excluding carboxylic acids is 1. The van der Waals surface area contributed by atoms with Gasteiger partial charge < -0.3 is 24.8 Å². The van der Waals surface area contributed by atoms with E-state index in [0.717, 1.165) is 28.6 Å². The van der Waals surface area contributed by atoms with Gasteiger partial charge in [-0.2, -0.15) is 0 Å². The van der Waals surface area contributed by atoms with Crippen LogP contribution in [0.4, 0.5) is 23.4 Å². The summed E-state index contributed by atoms with van der Waals surface area (Å²) in [7, 11) is 0. The fourth-order valence-corrected chi connectivity index (χ4v) is 4.32. The van der Waals surface area contributed by atoms with Crippen LogP contribution in [-0.2, 0) is 22.7 Å². The molecule has 1 saturated heterocycles. The number of halogens is 4. The Balaban J connectivity index is 1.49. The van der Waals surface area contributed by atoms with Crippen molar-refractivity contribution >= 4 is 22.6 Å². The third kappa shape index (κ3) is 4.12. The number of morpholine rings is 1. The fourth-order valence-electron chi connectivity index (χ4n) is 4.32. The number of rotatable bonds is 3. The minimum Gasteiger partial charge on any atom is -0.403 e. The summed E-state index contributed by atoms with van der Waals surface area (Å²) in [4.78, 5) is 19.4. The maximum Gasteiger partial charge on any atom is 0.573 e. The van der Waals surface area contributed by atoms with Gasteiger partial charge >= 0.3 is 6.36 Å². The zero-order valence-corrected chi connectivity index (χ0v) is 17.7. The van der Waals surface area contributed by atoms with E-state index in [1.54, 1.807) is 18.2 Å². The van der Waals surface area contributed by atoms with Gasteiger partial charge in [0, 0.05) is 23.1 Å². The number of alkyl halides is 3. The van der Waals surface area contributed by atoms with E-state index in [1.807, 2.05) is 0 Å². The predicted molar refractivity (Wildman–Crippen MR) is 112 cm³/mol. The fraction of sp³-hybridized carbons (Fsp3) is 0.304. The number of nitrogens with zero attached hydrogens (tertiary/aromatic N) is 2. The molecular weight excluding hydrogens is 458 g/mol. The number of benzene rings is 2. The number of hydrogen-bond donors (Lipinski definition) is 1. The highest BCUT2D eigenvalue weighted by Gasteiger charge is 2.34. The highest BCUT2D eigenvalue weighted by atomic mass is 19.4. The topological polar surface area (TPSA) is 86.9 Å². The van der Waals surface area contributed by atoms with Gasteiger partial charge in [0.1, 0.15) is 5.82 Å². The molecule has 2 aromatic carbocycles. The Labute approximate surface area is 191 Å². The molecule has 2 N–H and O–H groups in total. The summed E-state index contributed by atoms with van der Waals surface area (Å²) in [6.07, 6.45) is -5.05. The predicted octanol–water partition coefficient (Wildman–Crippen LogP) is 4.10. The number of nitrogen functional groups attached to an aromatic ring is 1. The van der Waals surface area contributed by atoms with E-state index < -0.39 is 24.0 Å². The monoisotopic (exact) mass is 477 g/mol. The molecule has 1 fully saturated rings. The van der Waals surface area contributed by atoms with Crippen LogP contribution >= 0.6 is 0 Å². The van der Waals surface area contributed by atoms with Gasteiger partial charge in [-0.25, -0.2) is 9.37 Å². The summed E-state index contributed by atoms with van der Waals surface area (Å²) >= 11 is 0. The van der Waals surface area contributed by atoms with Gasteiger partial charge in [0.2, 0.25) is 0 Å². The number of hydrogen-bond acceptors (Lipinski definition) is 6. The molecule has 1 aromatic heterocycles. The van der Waals surface area contributed by atoms with Crippen molar-refractivity contribution in [2.75, 3.05) is 25.5 Å². The lowest BCUT2D eigenvalue weighted by Gasteiger charge is -2.36. The third-order valence-electron chi connectivity index (χ3n) is 5.93. The normalized spacial score (nSPS) is 18.2. The molecule has 3 heterocycles. The lowest BCUT2D eigenvalue weighted by atomic mass is 10.00. The zero-order valence-electron chi connectivity index (χ0n) is 17.7. The van der Waals surface area contributed by atoms with Crippen LogP contribution in [0.15, 0.2) is 36.4 Å². The average molecular weight is 477 g/mol. The lowest BCUT2D eigenvalue weighted by Crippen LogP contribution is -2.43. The maximum absolute atomic E-state index is 13.9. The highest BCUT2D eigenvalue weighted by molar-refractivity contribution is 5.99. The standard InChI is InChI=1S/C23H19F4N3O4/c24-17-3-1-12(8-20(17)34-23(25,26)27)19-11-32-6-5-30(19)22(31)13-2-4-18-14(7-13)15-9-33-10-16(15)21(28)29-18/h1-4,7-8,19H,5-6,9-11H2,(H2,28,29). The molecule has 0 spiro atoms. The molecule has 3 aromatic rings. The number of anilines is 1. The molecular formula is C23H19F4N3O4. The van der Waals surface area contributed by atoms with Crippen LogP contribution in [0.1, 0.15) is 33.1 Å². The maximum atomic E-state index is 13.9. The Hall–Kier alpha value is -3.44. The lowest BCUT2D eigenvalue weighted by molar-refractivity contribution is -0.275. The van der Waals surface area contributed by atoms with Gasteiger partial charge in [0.15, 0.2) is 11.6 Å². The molecule has 1 amide bonds. The Morgan fingerprint density at radius 3 is 2.71 bits per heavy atom. The van der Waals surface area contributed by atoms with Crippen molar-refractivity contribution in [1.29, 1.82) is 0 Å². The van der Waals surface area contributed by atoms with Crippen LogP contribution in [0.3, 0.4) is 0 Å². The quantitative estimate of drug-likeness (QED) is 0.572. The van der Waals surface area contributed by atoms with Crippen molar-refractivity contribution in [3.63, 3.8) is 0 Å². The second-order valence-electron chi connectivity index (χ2n) is 8.01. The van der Waals surface area contributed by atoms with Crippen molar-refractivity contribution in [2.24, 2.45) is 0 Å². The smallest absolute Gasteiger partial charge is 0.403 e. The van der Waals surface area contributed by atoms with Crippen molar-refractivity contribution in [3.8, 4) is 5.75 Å². The highest BCUT2D eigenvalue weighted by Crippen LogP contribution is 2.34. The number of pyridine rings is 1. The molecule has 2 aliphatic heterocycles. The Morgan fingerprint density at radius 2 is 1.91 bits per heavy atom. The number of aromatic nitrogens is 1. The third-order valence-corrected chi connectivity index (χ3v) is 5.93. The largest absolute Gasteiger partial charge is 0.573 e. The van der Waals surface area contributed by atoms with E-state index in [0.29, 0.717) is 30.1 Å². The molecule has 1 unspecified atom stereocenters. The van der Waals surface area contributed by atoms with Gasteiger partial charge in [-0.15, -0.1) is 13.2 Å². The molecule has 178 valence electrons. The van der Waals surface area contributed by atoms with E-state index in [-0.39, 0.29) is 31.2 Å². The van der Waals surface area contributed by atoms with Gasteiger partial charge in [-0.1, -0.05) is 6.07 Å². The van der Waals surface area contributed by atoms with Crippen LogP contribution in [0, 0.1) is 5.82 Å². The summed E-state index contributed by atoms with van der Waals surface area (Å²) in [5.74, 6) is -2.08.